The van der Waals surface area contributed by atoms with Gasteiger partial charge in [-0.3, -0.25) is 9.59 Å². The number of carbonyl (C=O) groups excluding carboxylic acids is 2. The summed E-state index contributed by atoms with van der Waals surface area (Å²) in [5.74, 6) is -1.57. The molecule has 0 saturated heterocycles. The standard InChI is InChI=1S/C31H51N3O4/c1-19(2)23(18-20(3)28(37)38)34(13)27(36)25(30(7,8)9)33-26(35)24(32-12)31(10,11)22-16-14-21(15-17-22)29(4,5)6/h14-19,23-25,32H,1-13H3,(H,33,35)(H,37,38)/b20-18+/t23-,24-,25-/m1/s1. The third kappa shape index (κ3) is 8.16. The van der Waals surface area contributed by atoms with Crippen LogP contribution in [0.15, 0.2) is 35.9 Å². The van der Waals surface area contributed by atoms with E-state index in [1.807, 2.05) is 48.5 Å². The maximum absolute atomic E-state index is 13.8. The van der Waals surface area contributed by atoms with Gasteiger partial charge in [0.15, 0.2) is 0 Å². The fourth-order valence-electron chi connectivity index (χ4n) is 4.69. The van der Waals surface area contributed by atoms with Gasteiger partial charge in [-0.25, -0.2) is 4.79 Å². The van der Waals surface area contributed by atoms with Crippen molar-refractivity contribution < 1.29 is 19.5 Å². The van der Waals surface area contributed by atoms with Crippen LogP contribution in [0.5, 0.6) is 0 Å². The Balaban J connectivity index is 3.33. The summed E-state index contributed by atoms with van der Waals surface area (Å²) >= 11 is 0. The SMILES string of the molecule is CN[C@H](C(=O)N[C@H](C(=O)N(C)[C@H](/C=C(\C)C(=O)O)C(C)C)C(C)(C)C)C(C)(C)c1ccc(C(C)(C)C)cc1. The predicted octanol–water partition coefficient (Wildman–Crippen LogP) is 4.89. The second-order valence-electron chi connectivity index (χ2n) is 13.4. The number of carboxylic acid groups (broad SMARTS) is 1. The number of likely N-dealkylation sites (N-methyl/N-ethyl adjacent to an activating group) is 2. The van der Waals surface area contributed by atoms with Crippen molar-refractivity contribution in [3.63, 3.8) is 0 Å². The van der Waals surface area contributed by atoms with Crippen molar-refractivity contribution in [1.29, 1.82) is 0 Å². The van der Waals surface area contributed by atoms with Crippen molar-refractivity contribution in [2.45, 2.75) is 105 Å². The van der Waals surface area contributed by atoms with E-state index >= 15 is 0 Å². The van der Waals surface area contributed by atoms with Gasteiger partial charge in [-0.1, -0.05) is 99.6 Å². The van der Waals surface area contributed by atoms with Crippen molar-refractivity contribution >= 4 is 17.8 Å². The minimum atomic E-state index is -1.02. The highest BCUT2D eigenvalue weighted by molar-refractivity contribution is 5.91. The Bertz CT molecular complexity index is 1010. The van der Waals surface area contributed by atoms with E-state index in [0.717, 1.165) is 5.56 Å². The van der Waals surface area contributed by atoms with Gasteiger partial charge in [-0.2, -0.15) is 0 Å². The zero-order valence-corrected chi connectivity index (χ0v) is 25.8. The van der Waals surface area contributed by atoms with E-state index < -0.39 is 34.9 Å². The normalized spacial score (nSPS) is 15.6. The molecular weight excluding hydrogens is 478 g/mol. The molecule has 0 fully saturated rings. The summed E-state index contributed by atoms with van der Waals surface area (Å²) in [5.41, 5.74) is 1.30. The highest BCUT2D eigenvalue weighted by atomic mass is 16.4. The van der Waals surface area contributed by atoms with Gasteiger partial charge in [-0.05, 0) is 41.8 Å². The van der Waals surface area contributed by atoms with Crippen molar-refractivity contribution in [2.75, 3.05) is 14.1 Å². The molecule has 38 heavy (non-hydrogen) atoms. The van der Waals surface area contributed by atoms with Gasteiger partial charge in [0.25, 0.3) is 0 Å². The van der Waals surface area contributed by atoms with Crippen LogP contribution in [0.2, 0.25) is 0 Å². The topological polar surface area (TPSA) is 98.7 Å². The summed E-state index contributed by atoms with van der Waals surface area (Å²) in [7, 11) is 3.42. The molecule has 0 bridgehead atoms. The van der Waals surface area contributed by atoms with Gasteiger partial charge in [0, 0.05) is 18.0 Å². The Kier molecular flexibility index (Phi) is 10.9. The lowest BCUT2D eigenvalue weighted by molar-refractivity contribution is -0.141. The molecule has 3 N–H and O–H groups in total. The zero-order valence-electron chi connectivity index (χ0n) is 25.8. The summed E-state index contributed by atoms with van der Waals surface area (Å²) < 4.78 is 0. The molecule has 0 heterocycles. The summed E-state index contributed by atoms with van der Waals surface area (Å²) in [6.07, 6.45) is 1.60. The van der Waals surface area contributed by atoms with E-state index in [9.17, 15) is 19.5 Å². The molecule has 2 amide bonds. The molecule has 7 heteroatoms. The quantitative estimate of drug-likeness (QED) is 0.375. The van der Waals surface area contributed by atoms with Gasteiger partial charge in [0.2, 0.25) is 11.8 Å². The average molecular weight is 530 g/mol. The van der Waals surface area contributed by atoms with Crippen LogP contribution in [0, 0.1) is 11.3 Å². The number of rotatable bonds is 10. The van der Waals surface area contributed by atoms with Gasteiger partial charge in [0.05, 0.1) is 12.1 Å². The molecule has 0 aliphatic heterocycles. The number of amides is 2. The lowest BCUT2D eigenvalue weighted by Gasteiger charge is -2.40. The fourth-order valence-corrected chi connectivity index (χ4v) is 4.69. The van der Waals surface area contributed by atoms with E-state index in [1.54, 1.807) is 25.1 Å². The van der Waals surface area contributed by atoms with Crippen LogP contribution in [-0.4, -0.2) is 60.0 Å². The van der Waals surface area contributed by atoms with Crippen molar-refractivity contribution in [3.05, 3.63) is 47.0 Å². The number of nitrogens with one attached hydrogen (secondary N) is 2. The molecule has 0 spiro atoms. The molecule has 0 aliphatic carbocycles. The van der Waals surface area contributed by atoms with Crippen LogP contribution in [0.1, 0.15) is 87.3 Å². The number of hydrogen-bond acceptors (Lipinski definition) is 4. The molecular formula is C31H51N3O4. The van der Waals surface area contributed by atoms with E-state index in [0.29, 0.717) is 0 Å². The van der Waals surface area contributed by atoms with Crippen LogP contribution in [0.4, 0.5) is 0 Å². The molecule has 0 unspecified atom stereocenters. The van der Waals surface area contributed by atoms with Crippen molar-refractivity contribution in [2.24, 2.45) is 11.3 Å². The molecule has 1 rings (SSSR count). The summed E-state index contributed by atoms with van der Waals surface area (Å²) in [6.45, 7) is 21.7. The first kappa shape index (κ1) is 33.4. The molecule has 1 aromatic carbocycles. The minimum Gasteiger partial charge on any atom is -0.478 e. The lowest BCUT2D eigenvalue weighted by atomic mass is 9.75. The first-order chi connectivity index (χ1) is 17.2. The van der Waals surface area contributed by atoms with Gasteiger partial charge >= 0.3 is 5.97 Å². The molecule has 7 nitrogen and oxygen atoms in total. The average Bonchev–Trinajstić information content (AvgIpc) is 2.78. The largest absolute Gasteiger partial charge is 0.478 e. The van der Waals surface area contributed by atoms with Gasteiger partial charge < -0.3 is 20.6 Å². The molecule has 1 aromatic rings. The van der Waals surface area contributed by atoms with Gasteiger partial charge in [-0.15, -0.1) is 0 Å². The summed E-state index contributed by atoms with van der Waals surface area (Å²) in [5, 5.41) is 15.6. The van der Waals surface area contributed by atoms with Gasteiger partial charge in [0.1, 0.15) is 6.04 Å². The number of benzene rings is 1. The fraction of sp³-hybridized carbons (Fsp3) is 0.645. The Morgan fingerprint density at radius 3 is 1.74 bits per heavy atom. The first-order valence-electron chi connectivity index (χ1n) is 13.4. The van der Waals surface area contributed by atoms with Crippen LogP contribution in [0.25, 0.3) is 0 Å². The lowest BCUT2D eigenvalue weighted by Crippen LogP contribution is -2.61. The van der Waals surface area contributed by atoms with E-state index in [-0.39, 0.29) is 28.7 Å². The maximum Gasteiger partial charge on any atom is 0.331 e. The molecule has 0 radical (unpaired) electrons. The second-order valence-corrected chi connectivity index (χ2v) is 13.4. The number of nitrogens with zero attached hydrogens (tertiary/aromatic N) is 1. The molecule has 0 aromatic heterocycles. The smallest absolute Gasteiger partial charge is 0.331 e. The number of hydrogen-bond donors (Lipinski definition) is 3. The zero-order chi connectivity index (χ0) is 29.8. The Hall–Kier alpha value is -2.67. The van der Waals surface area contributed by atoms with E-state index in [1.165, 1.54) is 12.5 Å². The minimum absolute atomic E-state index is 0.0189. The number of carbonyl (C=O) groups is 3. The highest BCUT2D eigenvalue weighted by Crippen LogP contribution is 2.31. The third-order valence-electron chi connectivity index (χ3n) is 7.40. The second kappa shape index (κ2) is 12.5. The maximum atomic E-state index is 13.8. The number of aliphatic carboxylic acids is 1. The Morgan fingerprint density at radius 2 is 1.37 bits per heavy atom. The van der Waals surface area contributed by atoms with E-state index in [4.69, 9.17) is 0 Å². The first-order valence-corrected chi connectivity index (χ1v) is 13.4. The van der Waals surface area contributed by atoms with Crippen molar-refractivity contribution in [1.82, 2.24) is 15.5 Å². The van der Waals surface area contributed by atoms with Crippen LogP contribution < -0.4 is 10.6 Å². The van der Waals surface area contributed by atoms with Crippen LogP contribution in [-0.2, 0) is 25.2 Å². The molecule has 0 saturated carbocycles. The van der Waals surface area contributed by atoms with Crippen molar-refractivity contribution in [3.8, 4) is 0 Å². The highest BCUT2D eigenvalue weighted by Gasteiger charge is 2.41. The molecule has 0 aliphatic rings. The summed E-state index contributed by atoms with van der Waals surface area (Å²) in [4.78, 5) is 40.5. The Labute approximate surface area is 230 Å². The Morgan fingerprint density at radius 1 is 0.895 bits per heavy atom. The van der Waals surface area contributed by atoms with Crippen LogP contribution in [0.3, 0.4) is 0 Å². The van der Waals surface area contributed by atoms with E-state index in [2.05, 4.69) is 55.7 Å². The summed E-state index contributed by atoms with van der Waals surface area (Å²) in [6, 6.07) is 6.52. The monoisotopic (exact) mass is 529 g/mol. The van der Waals surface area contributed by atoms with Crippen LogP contribution >= 0.6 is 0 Å². The molecule has 214 valence electrons. The third-order valence-corrected chi connectivity index (χ3v) is 7.40. The predicted molar refractivity (Wildman–Crippen MR) is 155 cm³/mol. The number of carboxylic acids is 1. The molecule has 3 atom stereocenters.